The predicted molar refractivity (Wildman–Crippen MR) is 151 cm³/mol. The van der Waals surface area contributed by atoms with Crippen molar-refractivity contribution in [2.45, 2.75) is 83.5 Å². The van der Waals surface area contributed by atoms with Crippen molar-refractivity contribution >= 4 is 35.8 Å². The second kappa shape index (κ2) is 17.6. The summed E-state index contributed by atoms with van der Waals surface area (Å²) in [6.45, 7) is 4.16. The molecule has 13 heteroatoms. The molecule has 1 aliphatic rings. The number of nitrogens with zero attached hydrogens (tertiary/aromatic N) is 1. The van der Waals surface area contributed by atoms with Gasteiger partial charge in [0.05, 0.1) is 13.5 Å². The van der Waals surface area contributed by atoms with Gasteiger partial charge in [-0.1, -0.05) is 44.2 Å². The van der Waals surface area contributed by atoms with Crippen LogP contribution in [-0.4, -0.2) is 84.1 Å². The summed E-state index contributed by atoms with van der Waals surface area (Å²) in [6.07, 6.45) is 1.06. The Kier molecular flexibility index (Phi) is 14.3. The molecule has 4 N–H and O–H groups in total. The van der Waals surface area contributed by atoms with E-state index in [-0.39, 0.29) is 44.9 Å². The molecule has 4 amide bonds. The quantitative estimate of drug-likeness (QED) is 0.165. The third-order valence-corrected chi connectivity index (χ3v) is 6.89. The van der Waals surface area contributed by atoms with Crippen molar-refractivity contribution in [1.82, 2.24) is 20.9 Å². The number of carboxylic acids is 1. The topological polar surface area (TPSA) is 180 Å². The molecule has 1 saturated heterocycles. The normalized spacial score (nSPS) is 15.8. The summed E-state index contributed by atoms with van der Waals surface area (Å²) < 4.78 is 9.73. The molecule has 1 aromatic carbocycles. The van der Waals surface area contributed by atoms with E-state index in [9.17, 15) is 33.9 Å². The smallest absolute Gasteiger partial charge is 0.407 e. The van der Waals surface area contributed by atoms with Crippen molar-refractivity contribution in [1.29, 1.82) is 0 Å². The SMILES string of the molecule is COC(=O)CCC(=O)N[C@@H](CCCCNC(=O)OCc1ccccc1)C(=O)N[C@H](C(=O)N1CCC[C@H]1C(=O)O)C(C)C. The molecular weight excluding hydrogens is 548 g/mol. The lowest BCUT2D eigenvalue weighted by Gasteiger charge is -2.30. The Labute approximate surface area is 245 Å². The Bertz CT molecular complexity index is 1080. The highest BCUT2D eigenvalue weighted by Crippen LogP contribution is 2.20. The van der Waals surface area contributed by atoms with E-state index < -0.39 is 53.9 Å². The number of carboxylic acid groups (broad SMARTS) is 1. The Morgan fingerprint density at radius 1 is 1.02 bits per heavy atom. The molecule has 0 radical (unpaired) electrons. The predicted octanol–water partition coefficient (Wildman–Crippen LogP) is 1.74. The number of carbonyl (C=O) groups is 6. The summed E-state index contributed by atoms with van der Waals surface area (Å²) in [5.41, 5.74) is 0.853. The van der Waals surface area contributed by atoms with Crippen molar-refractivity contribution in [3.05, 3.63) is 35.9 Å². The zero-order chi connectivity index (χ0) is 31.1. The van der Waals surface area contributed by atoms with Crippen LogP contribution in [0.5, 0.6) is 0 Å². The van der Waals surface area contributed by atoms with Crippen LogP contribution < -0.4 is 16.0 Å². The third-order valence-electron chi connectivity index (χ3n) is 6.89. The van der Waals surface area contributed by atoms with Gasteiger partial charge >= 0.3 is 18.0 Å². The molecule has 0 aliphatic carbocycles. The van der Waals surface area contributed by atoms with Gasteiger partial charge in [-0.2, -0.15) is 0 Å². The lowest BCUT2D eigenvalue weighted by molar-refractivity contribution is -0.150. The van der Waals surface area contributed by atoms with Crippen LogP contribution in [0.15, 0.2) is 30.3 Å². The van der Waals surface area contributed by atoms with Crippen LogP contribution in [0.3, 0.4) is 0 Å². The fraction of sp³-hybridized carbons (Fsp3) is 0.586. The van der Waals surface area contributed by atoms with Gasteiger partial charge in [0, 0.05) is 19.5 Å². The van der Waals surface area contributed by atoms with Gasteiger partial charge in [0.2, 0.25) is 17.7 Å². The van der Waals surface area contributed by atoms with Crippen molar-refractivity contribution < 1.29 is 43.3 Å². The van der Waals surface area contributed by atoms with Gasteiger partial charge in [0.25, 0.3) is 0 Å². The van der Waals surface area contributed by atoms with Crippen molar-refractivity contribution in [2.75, 3.05) is 20.2 Å². The molecule has 1 fully saturated rings. The highest BCUT2D eigenvalue weighted by molar-refractivity contribution is 5.94. The Morgan fingerprint density at radius 3 is 2.38 bits per heavy atom. The van der Waals surface area contributed by atoms with E-state index in [4.69, 9.17) is 4.74 Å². The average Bonchev–Trinajstić information content (AvgIpc) is 3.47. The first-order valence-corrected chi connectivity index (χ1v) is 14.2. The minimum Gasteiger partial charge on any atom is -0.480 e. The number of unbranched alkanes of at least 4 members (excludes halogenated alkanes) is 1. The van der Waals surface area contributed by atoms with E-state index in [1.807, 2.05) is 30.3 Å². The molecule has 0 unspecified atom stereocenters. The second-order valence-corrected chi connectivity index (χ2v) is 10.4. The van der Waals surface area contributed by atoms with E-state index in [2.05, 4.69) is 20.7 Å². The highest BCUT2D eigenvalue weighted by Gasteiger charge is 2.39. The summed E-state index contributed by atoms with van der Waals surface area (Å²) in [6, 6.07) is 6.26. The number of ether oxygens (including phenoxy) is 2. The highest BCUT2D eigenvalue weighted by atomic mass is 16.5. The summed E-state index contributed by atoms with van der Waals surface area (Å²) >= 11 is 0. The van der Waals surface area contributed by atoms with Gasteiger partial charge in [-0.25, -0.2) is 9.59 Å². The van der Waals surface area contributed by atoms with Crippen molar-refractivity contribution in [2.24, 2.45) is 5.92 Å². The van der Waals surface area contributed by atoms with Crippen LogP contribution in [0.25, 0.3) is 0 Å². The van der Waals surface area contributed by atoms with Crippen LogP contribution in [0, 0.1) is 5.92 Å². The van der Waals surface area contributed by atoms with Crippen LogP contribution in [0.2, 0.25) is 0 Å². The molecule has 42 heavy (non-hydrogen) atoms. The van der Waals surface area contributed by atoms with Crippen LogP contribution >= 0.6 is 0 Å². The van der Waals surface area contributed by atoms with Crippen LogP contribution in [0.1, 0.15) is 64.4 Å². The first-order chi connectivity index (χ1) is 20.0. The fourth-order valence-corrected chi connectivity index (χ4v) is 4.52. The molecule has 0 spiro atoms. The number of alkyl carbamates (subject to hydrolysis) is 1. The molecule has 1 heterocycles. The van der Waals surface area contributed by atoms with Crippen molar-refractivity contribution in [3.63, 3.8) is 0 Å². The molecule has 1 aliphatic heterocycles. The summed E-state index contributed by atoms with van der Waals surface area (Å²) in [7, 11) is 1.21. The van der Waals surface area contributed by atoms with Gasteiger partial charge < -0.3 is 35.4 Å². The van der Waals surface area contributed by atoms with Gasteiger partial charge in [-0.15, -0.1) is 0 Å². The number of esters is 1. The van der Waals surface area contributed by atoms with Crippen molar-refractivity contribution in [3.8, 4) is 0 Å². The molecule has 0 saturated carbocycles. The number of hydrogen-bond acceptors (Lipinski definition) is 8. The summed E-state index contributed by atoms with van der Waals surface area (Å²) in [5, 5.41) is 17.5. The zero-order valence-corrected chi connectivity index (χ0v) is 24.4. The number of likely N-dealkylation sites (tertiary alicyclic amines) is 1. The van der Waals surface area contributed by atoms with E-state index in [0.29, 0.717) is 25.7 Å². The fourth-order valence-electron chi connectivity index (χ4n) is 4.52. The molecule has 2 rings (SSSR count). The summed E-state index contributed by atoms with van der Waals surface area (Å²) in [5.74, 6) is -3.64. The standard InChI is InChI=1S/C29H42N4O9/c1-19(2)25(27(37)33-17-9-13-22(33)28(38)39)32-26(36)21(31-23(34)14-15-24(35)41-3)12-7-8-16-30-29(40)42-18-20-10-5-4-6-11-20/h4-6,10-11,19,21-22,25H,7-9,12-18H2,1-3H3,(H,30,40)(H,31,34)(H,32,36)(H,38,39)/t21-,22-,25-/m0/s1. The number of benzene rings is 1. The molecule has 13 nitrogen and oxygen atoms in total. The molecule has 3 atom stereocenters. The molecule has 0 bridgehead atoms. The van der Waals surface area contributed by atoms with E-state index >= 15 is 0 Å². The lowest BCUT2D eigenvalue weighted by atomic mass is 10.0. The number of methoxy groups -OCH3 is 1. The number of hydrogen-bond donors (Lipinski definition) is 4. The number of nitrogens with one attached hydrogen (secondary N) is 3. The number of carbonyl (C=O) groups excluding carboxylic acids is 5. The minimum atomic E-state index is -1.09. The Morgan fingerprint density at radius 2 is 1.74 bits per heavy atom. The van der Waals surface area contributed by atoms with Gasteiger partial charge in [-0.3, -0.25) is 19.2 Å². The Balaban J connectivity index is 1.96. The largest absolute Gasteiger partial charge is 0.480 e. The van der Waals surface area contributed by atoms with E-state index in [1.165, 1.54) is 12.0 Å². The number of aliphatic carboxylic acids is 1. The number of rotatable bonds is 16. The molecule has 0 aromatic heterocycles. The van der Waals surface area contributed by atoms with Crippen LogP contribution in [-0.2, 0) is 40.1 Å². The Hall–Kier alpha value is -4.16. The van der Waals surface area contributed by atoms with Gasteiger partial charge in [0.15, 0.2) is 0 Å². The number of amides is 4. The minimum absolute atomic E-state index is 0.132. The van der Waals surface area contributed by atoms with Gasteiger partial charge in [0.1, 0.15) is 24.7 Å². The zero-order valence-electron chi connectivity index (χ0n) is 24.4. The first kappa shape index (κ1) is 34.0. The maximum Gasteiger partial charge on any atom is 0.407 e. The average molecular weight is 591 g/mol. The molecular formula is C29H42N4O9. The first-order valence-electron chi connectivity index (χ1n) is 14.2. The second-order valence-electron chi connectivity index (χ2n) is 10.4. The molecule has 232 valence electrons. The summed E-state index contributed by atoms with van der Waals surface area (Å²) in [4.78, 5) is 75.4. The monoisotopic (exact) mass is 590 g/mol. The molecule has 1 aromatic rings. The van der Waals surface area contributed by atoms with E-state index in [1.54, 1.807) is 13.8 Å². The van der Waals surface area contributed by atoms with Gasteiger partial charge in [-0.05, 0) is 43.6 Å². The maximum absolute atomic E-state index is 13.3. The lowest BCUT2D eigenvalue weighted by Crippen LogP contribution is -2.57. The van der Waals surface area contributed by atoms with E-state index in [0.717, 1.165) is 5.56 Å². The maximum atomic E-state index is 13.3. The van der Waals surface area contributed by atoms with Crippen LogP contribution in [0.4, 0.5) is 4.79 Å². The third kappa shape index (κ3) is 11.4.